The Kier molecular flexibility index (Phi) is 3.84. The first kappa shape index (κ1) is 12.9. The van der Waals surface area contributed by atoms with Gasteiger partial charge in [0.2, 0.25) is 0 Å². The van der Waals surface area contributed by atoms with Crippen LogP contribution < -0.4 is 5.73 Å². The van der Waals surface area contributed by atoms with Gasteiger partial charge in [-0.3, -0.25) is 4.90 Å². The molecule has 0 bridgehead atoms. The Morgan fingerprint density at radius 3 is 2.94 bits per heavy atom. The summed E-state index contributed by atoms with van der Waals surface area (Å²) in [6.45, 7) is 3.24. The van der Waals surface area contributed by atoms with Crippen molar-refractivity contribution >= 4 is 11.7 Å². The maximum absolute atomic E-state index is 11.0. The van der Waals surface area contributed by atoms with Crippen LogP contribution >= 0.6 is 0 Å². The minimum atomic E-state index is -0.965. The Bertz CT molecular complexity index is 460. The average molecular weight is 250 g/mol. The number of carbonyl (C=O) groups is 1. The van der Waals surface area contributed by atoms with Crippen molar-refractivity contribution in [2.45, 2.75) is 19.5 Å². The van der Waals surface area contributed by atoms with Gasteiger partial charge in [0.05, 0.1) is 11.3 Å². The predicted octanol–water partition coefficient (Wildman–Crippen LogP) is 1.32. The van der Waals surface area contributed by atoms with E-state index < -0.39 is 5.97 Å². The summed E-state index contributed by atoms with van der Waals surface area (Å²) in [7, 11) is 1.69. The normalized spacial score (nSPS) is 14.7. The van der Waals surface area contributed by atoms with E-state index in [0.29, 0.717) is 5.69 Å². The fourth-order valence-electron chi connectivity index (χ4n) is 2.34. The van der Waals surface area contributed by atoms with Crippen molar-refractivity contribution in [2.24, 2.45) is 0 Å². The molecular weight excluding hydrogens is 232 g/mol. The van der Waals surface area contributed by atoms with Gasteiger partial charge in [0, 0.05) is 33.4 Å². The number of methoxy groups -OCH3 is 1. The molecule has 0 saturated carbocycles. The molecule has 18 heavy (non-hydrogen) atoms. The summed E-state index contributed by atoms with van der Waals surface area (Å²) >= 11 is 0. The van der Waals surface area contributed by atoms with E-state index in [2.05, 4.69) is 4.90 Å². The van der Waals surface area contributed by atoms with Crippen LogP contribution in [-0.4, -0.2) is 36.2 Å². The zero-order valence-corrected chi connectivity index (χ0v) is 10.5. The van der Waals surface area contributed by atoms with E-state index in [4.69, 9.17) is 15.6 Å². The molecule has 0 saturated heterocycles. The number of nitrogens with zero attached hydrogens (tertiary/aromatic N) is 1. The number of ether oxygens (including phenoxy) is 1. The molecule has 0 fully saturated rings. The van der Waals surface area contributed by atoms with Crippen molar-refractivity contribution in [3.63, 3.8) is 0 Å². The first-order chi connectivity index (χ1) is 8.63. The van der Waals surface area contributed by atoms with Gasteiger partial charge in [-0.15, -0.1) is 0 Å². The van der Waals surface area contributed by atoms with Crippen molar-refractivity contribution in [1.82, 2.24) is 4.90 Å². The van der Waals surface area contributed by atoms with Crippen molar-refractivity contribution in [1.29, 1.82) is 0 Å². The molecule has 1 heterocycles. The van der Waals surface area contributed by atoms with E-state index in [0.717, 1.165) is 43.8 Å². The van der Waals surface area contributed by atoms with Gasteiger partial charge in [-0.2, -0.15) is 0 Å². The Morgan fingerprint density at radius 1 is 1.50 bits per heavy atom. The standard InChI is InChI=1S/C13H18N2O3/c1-18-6-2-5-15-7-9-3-4-10(13(16)17)12(14)11(9)8-15/h3-4H,2,5-8,14H2,1H3,(H,16,17). The van der Waals surface area contributed by atoms with Gasteiger partial charge in [0.1, 0.15) is 0 Å². The van der Waals surface area contributed by atoms with Gasteiger partial charge in [-0.25, -0.2) is 4.79 Å². The van der Waals surface area contributed by atoms with Crippen molar-refractivity contribution in [3.05, 3.63) is 28.8 Å². The number of nitrogens with two attached hydrogens (primary N) is 1. The molecule has 0 aliphatic carbocycles. The third-order valence-corrected chi connectivity index (χ3v) is 3.28. The third-order valence-electron chi connectivity index (χ3n) is 3.28. The lowest BCUT2D eigenvalue weighted by Crippen LogP contribution is -2.19. The van der Waals surface area contributed by atoms with Crippen LogP contribution in [0, 0.1) is 0 Å². The highest BCUT2D eigenvalue weighted by atomic mass is 16.5. The van der Waals surface area contributed by atoms with Crippen LogP contribution in [0.2, 0.25) is 0 Å². The lowest BCUT2D eigenvalue weighted by molar-refractivity contribution is 0.0698. The van der Waals surface area contributed by atoms with Crippen LogP contribution in [0.15, 0.2) is 12.1 Å². The number of anilines is 1. The summed E-state index contributed by atoms with van der Waals surface area (Å²) in [6, 6.07) is 3.46. The monoisotopic (exact) mass is 250 g/mol. The molecule has 98 valence electrons. The first-order valence-corrected chi connectivity index (χ1v) is 5.98. The lowest BCUT2D eigenvalue weighted by atomic mass is 10.0. The van der Waals surface area contributed by atoms with E-state index in [1.165, 1.54) is 0 Å². The Labute approximate surface area is 106 Å². The predicted molar refractivity (Wildman–Crippen MR) is 68.4 cm³/mol. The van der Waals surface area contributed by atoms with Gasteiger partial charge in [-0.1, -0.05) is 6.07 Å². The van der Waals surface area contributed by atoms with Gasteiger partial charge < -0.3 is 15.6 Å². The van der Waals surface area contributed by atoms with Crippen LogP contribution in [0.3, 0.4) is 0 Å². The van der Waals surface area contributed by atoms with Crippen LogP contribution in [-0.2, 0) is 17.8 Å². The molecule has 1 aliphatic heterocycles. The Morgan fingerprint density at radius 2 is 2.28 bits per heavy atom. The third kappa shape index (κ3) is 2.47. The lowest BCUT2D eigenvalue weighted by Gasteiger charge is -2.13. The number of hydrogen-bond acceptors (Lipinski definition) is 4. The number of nitrogen functional groups attached to an aromatic ring is 1. The molecule has 1 aromatic carbocycles. The summed E-state index contributed by atoms with van der Waals surface area (Å²) in [5.74, 6) is -0.965. The fourth-order valence-corrected chi connectivity index (χ4v) is 2.34. The number of carboxylic acid groups (broad SMARTS) is 1. The number of benzene rings is 1. The zero-order chi connectivity index (χ0) is 13.1. The molecule has 0 amide bonds. The zero-order valence-electron chi connectivity index (χ0n) is 10.5. The summed E-state index contributed by atoms with van der Waals surface area (Å²) in [6.07, 6.45) is 0.968. The minimum Gasteiger partial charge on any atom is -0.478 e. The number of rotatable bonds is 5. The van der Waals surface area contributed by atoms with Crippen LogP contribution in [0.5, 0.6) is 0 Å². The summed E-state index contributed by atoms with van der Waals surface area (Å²) in [4.78, 5) is 13.3. The Balaban J connectivity index is 2.10. The SMILES string of the molecule is COCCCN1Cc2ccc(C(=O)O)c(N)c2C1. The van der Waals surface area contributed by atoms with Gasteiger partial charge in [-0.05, 0) is 23.6 Å². The van der Waals surface area contributed by atoms with Gasteiger partial charge >= 0.3 is 5.97 Å². The fraction of sp³-hybridized carbons (Fsp3) is 0.462. The highest BCUT2D eigenvalue weighted by Gasteiger charge is 2.23. The molecule has 0 unspecified atom stereocenters. The first-order valence-electron chi connectivity index (χ1n) is 5.98. The maximum atomic E-state index is 11.0. The van der Waals surface area contributed by atoms with E-state index >= 15 is 0 Å². The summed E-state index contributed by atoms with van der Waals surface area (Å²) in [5.41, 5.74) is 8.63. The highest BCUT2D eigenvalue weighted by molar-refractivity contribution is 5.94. The molecule has 0 radical (unpaired) electrons. The number of fused-ring (bicyclic) bond motifs is 1. The quantitative estimate of drug-likeness (QED) is 0.609. The van der Waals surface area contributed by atoms with Gasteiger partial charge in [0.15, 0.2) is 0 Å². The van der Waals surface area contributed by atoms with Crippen LogP contribution in [0.25, 0.3) is 0 Å². The molecule has 5 heteroatoms. The maximum Gasteiger partial charge on any atom is 0.337 e. The second kappa shape index (κ2) is 5.37. The Hall–Kier alpha value is -1.59. The average Bonchev–Trinajstić information content (AvgIpc) is 2.73. The second-order valence-electron chi connectivity index (χ2n) is 4.53. The number of hydrogen-bond donors (Lipinski definition) is 2. The molecule has 5 nitrogen and oxygen atoms in total. The molecular formula is C13H18N2O3. The van der Waals surface area contributed by atoms with E-state index in [-0.39, 0.29) is 5.56 Å². The summed E-state index contributed by atoms with van der Waals surface area (Å²) < 4.78 is 5.02. The molecule has 1 aromatic rings. The molecule has 2 rings (SSSR count). The van der Waals surface area contributed by atoms with Crippen molar-refractivity contribution in [3.8, 4) is 0 Å². The highest BCUT2D eigenvalue weighted by Crippen LogP contribution is 2.30. The van der Waals surface area contributed by atoms with E-state index in [9.17, 15) is 4.79 Å². The molecule has 0 aromatic heterocycles. The molecule has 3 N–H and O–H groups in total. The van der Waals surface area contributed by atoms with Crippen LogP contribution in [0.4, 0.5) is 5.69 Å². The molecule has 0 atom stereocenters. The smallest absolute Gasteiger partial charge is 0.337 e. The second-order valence-corrected chi connectivity index (χ2v) is 4.53. The van der Waals surface area contributed by atoms with Crippen molar-refractivity contribution < 1.29 is 14.6 Å². The van der Waals surface area contributed by atoms with Crippen molar-refractivity contribution in [2.75, 3.05) is 26.0 Å². The molecule has 1 aliphatic rings. The van der Waals surface area contributed by atoms with E-state index in [1.807, 2.05) is 6.07 Å². The summed E-state index contributed by atoms with van der Waals surface area (Å²) in [5, 5.41) is 9.03. The number of carboxylic acids is 1. The van der Waals surface area contributed by atoms with Crippen LogP contribution in [0.1, 0.15) is 27.9 Å². The topological polar surface area (TPSA) is 75.8 Å². The van der Waals surface area contributed by atoms with Gasteiger partial charge in [0.25, 0.3) is 0 Å². The largest absolute Gasteiger partial charge is 0.478 e. The van der Waals surface area contributed by atoms with E-state index in [1.54, 1.807) is 13.2 Å². The minimum absolute atomic E-state index is 0.201. The molecule has 0 spiro atoms. The number of aromatic carboxylic acids is 1.